The molecule has 0 aliphatic heterocycles. The molecule has 0 radical (unpaired) electrons. The van der Waals surface area contributed by atoms with Crippen molar-refractivity contribution in [2.45, 2.75) is 0 Å². The van der Waals surface area contributed by atoms with E-state index >= 15 is 0 Å². The van der Waals surface area contributed by atoms with Gasteiger partial charge in [0.2, 0.25) is 0 Å². The summed E-state index contributed by atoms with van der Waals surface area (Å²) in [5.41, 5.74) is 0. The summed E-state index contributed by atoms with van der Waals surface area (Å²) < 4.78 is 14.7. The topological polar surface area (TPSA) is 57.5 Å². The van der Waals surface area contributed by atoms with Crippen LogP contribution in [-0.4, -0.2) is 11.2 Å². The van der Waals surface area contributed by atoms with E-state index in [4.69, 9.17) is 10.9 Å². The second-order valence-electron chi connectivity index (χ2n) is 0.238. The van der Waals surface area contributed by atoms with Gasteiger partial charge in [-0.2, -0.15) is 0 Å². The SMILES string of the molecule is [2H]O[P+](=O)O. The Labute approximate surface area is 25.3 Å². The van der Waals surface area contributed by atoms with Crippen molar-refractivity contribution < 1.29 is 14.4 Å². The molecule has 2 N–H and O–H groups in total. The lowest BCUT2D eigenvalue weighted by atomic mass is 15.8. The van der Waals surface area contributed by atoms with Crippen molar-refractivity contribution >= 4 is 8.25 Å². The molecule has 0 rings (SSSR count). The third-order valence-electron chi connectivity index (χ3n) is 0. The van der Waals surface area contributed by atoms with Crippen molar-refractivity contribution in [1.82, 2.24) is 0 Å². The van der Waals surface area contributed by atoms with Gasteiger partial charge < -0.3 is 0 Å². The monoisotopic (exact) mass is 82.0 g/mol. The standard InChI is InChI=1S/HO3P/c1-4(2)3/h(H-,1,2,3)/p+1/i/hD. The maximum Gasteiger partial charge on any atom is 0.692 e. The number of rotatable bonds is 1. The maximum absolute atomic E-state index is 9.11. The first kappa shape index (κ1) is 2.27. The molecule has 0 aromatic heterocycles. The van der Waals surface area contributed by atoms with Crippen LogP contribution >= 0.6 is 8.25 Å². The molecule has 0 aliphatic rings. The summed E-state index contributed by atoms with van der Waals surface area (Å²) in [5, 5.41) is 0. The Bertz CT molecular complexity index is 42.2. The molecule has 0 aliphatic carbocycles. The molecule has 4 heavy (non-hydrogen) atoms. The lowest BCUT2D eigenvalue weighted by molar-refractivity contribution is 0.405. The fraction of sp³-hybridized carbons (Fsp3) is 0. The van der Waals surface area contributed by atoms with Crippen LogP contribution in [0.15, 0.2) is 0 Å². The van der Waals surface area contributed by atoms with E-state index in [0.717, 1.165) is 0 Å². The van der Waals surface area contributed by atoms with Gasteiger partial charge in [-0.3, -0.25) is 0 Å². The molecule has 0 spiro atoms. The van der Waals surface area contributed by atoms with Gasteiger partial charge in [-0.05, 0) is 0 Å². The van der Waals surface area contributed by atoms with Crippen molar-refractivity contribution in [3.8, 4) is 0 Å². The van der Waals surface area contributed by atoms with Crippen LogP contribution < -0.4 is 0 Å². The summed E-state index contributed by atoms with van der Waals surface area (Å²) in [6.07, 6.45) is 0. The highest BCUT2D eigenvalue weighted by Gasteiger charge is 1.93. The van der Waals surface area contributed by atoms with Gasteiger partial charge in [0.1, 0.15) is 0 Å². The Morgan fingerprint density at radius 3 is 2.50 bits per heavy atom. The Balaban J connectivity index is 2.85. The molecular weight excluding hydrogens is 79.0 g/mol. The molecule has 1 atom stereocenters. The quantitative estimate of drug-likeness (QED) is 0.424. The predicted octanol–water partition coefficient (Wildman–Crippen LogP) is -0.372. The van der Waals surface area contributed by atoms with E-state index in [1.807, 2.05) is 0 Å². The highest BCUT2D eigenvalue weighted by molar-refractivity contribution is 7.30. The largest absolute Gasteiger partial charge is 0.692 e. The lowest BCUT2D eigenvalue weighted by Gasteiger charge is -1.34. The molecule has 0 aromatic carbocycles. The smallest absolute Gasteiger partial charge is 0.134 e. The lowest BCUT2D eigenvalue weighted by Crippen LogP contribution is -1.38. The summed E-state index contributed by atoms with van der Waals surface area (Å²) >= 11 is 0. The fourth-order valence-electron chi connectivity index (χ4n) is 0. The van der Waals surface area contributed by atoms with Crippen molar-refractivity contribution in [2.24, 2.45) is 0 Å². The van der Waals surface area contributed by atoms with E-state index in [1.165, 1.54) is 0 Å². The summed E-state index contributed by atoms with van der Waals surface area (Å²) in [6.45, 7) is 0. The average molecular weight is 82.0 g/mol. The molecule has 0 bridgehead atoms. The Morgan fingerprint density at radius 1 is 2.25 bits per heavy atom. The molecule has 0 aromatic rings. The van der Waals surface area contributed by atoms with Crippen LogP contribution in [-0.2, 0) is 4.57 Å². The first-order valence-corrected chi connectivity index (χ1v) is 1.70. The Hall–Kier alpha value is 0.0200. The van der Waals surface area contributed by atoms with E-state index in [9.17, 15) is 0 Å². The molecule has 4 heteroatoms. The van der Waals surface area contributed by atoms with Gasteiger partial charge in [-0.1, -0.05) is 0 Å². The highest BCUT2D eigenvalue weighted by atomic mass is 31.1. The van der Waals surface area contributed by atoms with Gasteiger partial charge in [-0.25, -0.2) is 0 Å². The Morgan fingerprint density at radius 2 is 2.50 bits per heavy atom. The van der Waals surface area contributed by atoms with E-state index in [2.05, 4.69) is 4.90 Å². The minimum absolute atomic E-state index is 2.68. The molecule has 0 saturated heterocycles. The van der Waals surface area contributed by atoms with Crippen LogP contribution in [0.4, 0.5) is 0 Å². The van der Waals surface area contributed by atoms with E-state index in [-0.39, 0.29) is 0 Å². The van der Waals surface area contributed by atoms with Gasteiger partial charge in [0.15, 0.2) is 0 Å². The van der Waals surface area contributed by atoms with Crippen LogP contribution in [0.3, 0.4) is 0 Å². The summed E-state index contributed by atoms with van der Waals surface area (Å²) in [5.74, 6) is 0. The third kappa shape index (κ3) is 5250. The van der Waals surface area contributed by atoms with Gasteiger partial charge in [0, 0.05) is 4.57 Å². The Kier molecular flexibility index (Phi) is 0.766. The molecule has 0 fully saturated rings. The maximum atomic E-state index is 9.11. The van der Waals surface area contributed by atoms with Gasteiger partial charge in [-0.15, -0.1) is 9.79 Å². The van der Waals surface area contributed by atoms with E-state index in [0.29, 0.717) is 0 Å². The van der Waals surface area contributed by atoms with E-state index in [1.54, 1.807) is 0 Å². The minimum atomic E-state index is -2.68. The van der Waals surface area contributed by atoms with Gasteiger partial charge >= 0.3 is 8.25 Å². The predicted molar refractivity (Wildman–Crippen MR) is 12.0 cm³/mol. The fourth-order valence-corrected chi connectivity index (χ4v) is 0. The average Bonchev–Trinajstić information content (AvgIpc) is 1.38. The molecule has 0 saturated carbocycles. The van der Waals surface area contributed by atoms with Gasteiger partial charge in [0.05, 0.1) is 0 Å². The molecule has 3 nitrogen and oxygen atoms in total. The van der Waals surface area contributed by atoms with Crippen LogP contribution in [0.2, 0.25) is 0 Å². The molecule has 1 unspecified atom stereocenters. The number of hydrogen-bond donors (Lipinski definition) is 2. The zero-order chi connectivity index (χ0) is 4.28. The van der Waals surface area contributed by atoms with Crippen LogP contribution in [0.5, 0.6) is 0 Å². The second-order valence-corrected chi connectivity index (χ2v) is 0.714. The summed E-state index contributed by atoms with van der Waals surface area (Å²) in [4.78, 5) is 10.5. The van der Waals surface area contributed by atoms with Crippen LogP contribution in [0.1, 0.15) is 0 Å². The minimum Gasteiger partial charge on any atom is -0.134 e. The van der Waals surface area contributed by atoms with Crippen molar-refractivity contribution in [3.05, 3.63) is 0 Å². The first-order chi connectivity index (χ1) is 2.27. The zero-order valence-corrected chi connectivity index (χ0v) is 2.61. The van der Waals surface area contributed by atoms with Crippen molar-refractivity contribution in [1.29, 1.82) is 1.43 Å². The summed E-state index contributed by atoms with van der Waals surface area (Å²) in [6, 6.07) is 0. The molecule has 0 heterocycles. The molecular formula is H2O3P+. The highest BCUT2D eigenvalue weighted by Crippen LogP contribution is 1.98. The van der Waals surface area contributed by atoms with Gasteiger partial charge in [0.25, 0.3) is 1.43 Å². The zero-order valence-electron chi connectivity index (χ0n) is 2.71. The van der Waals surface area contributed by atoms with E-state index < -0.39 is 8.25 Å². The first-order valence-electron chi connectivity index (χ1n) is 0.973. The van der Waals surface area contributed by atoms with Crippen molar-refractivity contribution in [2.75, 3.05) is 0 Å². The van der Waals surface area contributed by atoms with Crippen molar-refractivity contribution in [3.63, 3.8) is 0 Å². The third-order valence-corrected chi connectivity index (χ3v) is 0. The molecule has 0 amide bonds. The van der Waals surface area contributed by atoms with Crippen LogP contribution in [0.25, 0.3) is 0 Å². The molecule has 24 valence electrons. The number of hydrogen-bond acceptors (Lipinski definition) is 2. The van der Waals surface area contributed by atoms with Crippen LogP contribution in [0, 0.1) is 0 Å². The second kappa shape index (κ2) is 1.35. The normalized spacial score (nSPS) is 14.2. The summed E-state index contributed by atoms with van der Waals surface area (Å²) in [7, 11) is -2.68.